The maximum atomic E-state index is 12.1. The summed E-state index contributed by atoms with van der Waals surface area (Å²) < 4.78 is 11.3. The van der Waals surface area contributed by atoms with Crippen molar-refractivity contribution in [2.24, 2.45) is 0 Å². The van der Waals surface area contributed by atoms with Crippen molar-refractivity contribution in [3.8, 4) is 5.75 Å². The first-order valence-corrected chi connectivity index (χ1v) is 9.16. The number of rotatable bonds is 8. The third-order valence-corrected chi connectivity index (χ3v) is 4.59. The monoisotopic (exact) mass is 318 g/mol. The van der Waals surface area contributed by atoms with Gasteiger partial charge < -0.3 is 9.47 Å². The van der Waals surface area contributed by atoms with Gasteiger partial charge in [-0.05, 0) is 50.3 Å². The first kappa shape index (κ1) is 17.8. The third-order valence-electron chi connectivity index (χ3n) is 4.59. The van der Waals surface area contributed by atoms with Gasteiger partial charge in [-0.2, -0.15) is 0 Å². The van der Waals surface area contributed by atoms with E-state index >= 15 is 0 Å². The average Bonchev–Trinajstić information content (AvgIpc) is 2.57. The van der Waals surface area contributed by atoms with Crippen LogP contribution in [0.5, 0.6) is 5.75 Å². The lowest BCUT2D eigenvalue weighted by atomic mass is 9.81. The molecular weight excluding hydrogens is 288 g/mol. The fourth-order valence-electron chi connectivity index (χ4n) is 3.34. The molecular formula is C20H30O3. The van der Waals surface area contributed by atoms with Gasteiger partial charge in [-0.1, -0.05) is 38.3 Å². The van der Waals surface area contributed by atoms with Gasteiger partial charge in [0.05, 0.1) is 6.61 Å². The fraction of sp³-hybridized carbons (Fsp3) is 0.650. The van der Waals surface area contributed by atoms with Gasteiger partial charge in [0.25, 0.3) is 0 Å². The summed E-state index contributed by atoms with van der Waals surface area (Å²) in [5.74, 6) is 1.20. The maximum absolute atomic E-state index is 12.1. The summed E-state index contributed by atoms with van der Waals surface area (Å²) in [5, 5.41) is 0. The van der Waals surface area contributed by atoms with Crippen molar-refractivity contribution in [3.63, 3.8) is 0 Å². The Kier molecular flexibility index (Phi) is 7.44. The molecule has 1 aliphatic rings. The van der Waals surface area contributed by atoms with Crippen LogP contribution in [0.1, 0.15) is 76.7 Å². The summed E-state index contributed by atoms with van der Waals surface area (Å²) >= 11 is 0. The van der Waals surface area contributed by atoms with E-state index in [1.54, 1.807) is 0 Å². The molecule has 3 heteroatoms. The number of esters is 1. The molecule has 0 saturated heterocycles. The van der Waals surface area contributed by atoms with Gasteiger partial charge in [0.1, 0.15) is 11.9 Å². The van der Waals surface area contributed by atoms with Crippen molar-refractivity contribution in [3.05, 3.63) is 29.8 Å². The quantitative estimate of drug-likeness (QED) is 0.486. The molecule has 0 unspecified atom stereocenters. The molecule has 1 saturated carbocycles. The Labute approximate surface area is 140 Å². The third kappa shape index (κ3) is 5.56. The molecule has 0 aromatic heterocycles. The molecule has 0 amide bonds. The van der Waals surface area contributed by atoms with Crippen LogP contribution in [0.25, 0.3) is 0 Å². The second-order valence-electron chi connectivity index (χ2n) is 6.38. The minimum absolute atomic E-state index is 0.0266. The van der Waals surface area contributed by atoms with Crippen molar-refractivity contribution < 1.29 is 14.3 Å². The molecule has 0 heterocycles. The largest absolute Gasteiger partial charge is 0.494 e. The molecule has 0 aliphatic heterocycles. The molecule has 23 heavy (non-hydrogen) atoms. The van der Waals surface area contributed by atoms with Gasteiger partial charge in [-0.25, -0.2) is 0 Å². The number of hydrogen-bond acceptors (Lipinski definition) is 3. The molecule has 0 bridgehead atoms. The Morgan fingerprint density at radius 2 is 1.83 bits per heavy atom. The first-order valence-electron chi connectivity index (χ1n) is 9.16. The zero-order valence-electron chi connectivity index (χ0n) is 14.6. The van der Waals surface area contributed by atoms with E-state index in [1.165, 1.54) is 12.0 Å². The molecule has 3 nitrogen and oxygen atoms in total. The van der Waals surface area contributed by atoms with E-state index in [9.17, 15) is 4.79 Å². The highest BCUT2D eigenvalue weighted by atomic mass is 16.5. The Balaban J connectivity index is 1.95. The summed E-state index contributed by atoms with van der Waals surface area (Å²) in [6, 6.07) is 8.29. The zero-order valence-corrected chi connectivity index (χ0v) is 14.6. The van der Waals surface area contributed by atoms with Crippen LogP contribution in [-0.2, 0) is 9.53 Å². The van der Waals surface area contributed by atoms with Crippen LogP contribution in [0.2, 0.25) is 0 Å². The van der Waals surface area contributed by atoms with E-state index in [0.29, 0.717) is 18.9 Å². The molecule has 0 spiro atoms. The topological polar surface area (TPSA) is 35.5 Å². The predicted molar refractivity (Wildman–Crippen MR) is 92.8 cm³/mol. The first-order chi connectivity index (χ1) is 11.2. The standard InChI is InChI=1S/C20H30O3/c1-3-5-6-11-20(21)23-19-10-8-7-9-18(19)16-12-14-17(15-13-16)22-4-2/h12-15,18-19H,3-11H2,1-2H3/t18-,19+/m0/s1. The lowest BCUT2D eigenvalue weighted by Gasteiger charge is -2.31. The number of carbonyl (C=O) groups excluding carboxylic acids is 1. The molecule has 0 N–H and O–H groups in total. The molecule has 1 aromatic carbocycles. The van der Waals surface area contributed by atoms with Gasteiger partial charge in [0.2, 0.25) is 0 Å². The van der Waals surface area contributed by atoms with Crippen molar-refractivity contribution in [1.82, 2.24) is 0 Å². The Morgan fingerprint density at radius 1 is 1.09 bits per heavy atom. The van der Waals surface area contributed by atoms with Gasteiger partial charge in [-0.15, -0.1) is 0 Å². The zero-order chi connectivity index (χ0) is 16.5. The SMILES string of the molecule is CCCCCC(=O)O[C@@H]1CCCC[C@H]1c1ccc(OCC)cc1. The summed E-state index contributed by atoms with van der Waals surface area (Å²) in [5.41, 5.74) is 1.26. The van der Waals surface area contributed by atoms with E-state index in [2.05, 4.69) is 19.1 Å². The normalized spacial score (nSPS) is 21.0. The molecule has 1 aromatic rings. The van der Waals surface area contributed by atoms with Crippen LogP contribution in [0.4, 0.5) is 0 Å². The molecule has 2 rings (SSSR count). The summed E-state index contributed by atoms with van der Waals surface area (Å²) in [6.45, 7) is 4.82. The lowest BCUT2D eigenvalue weighted by molar-refractivity contribution is -0.151. The van der Waals surface area contributed by atoms with Gasteiger partial charge in [-0.3, -0.25) is 4.79 Å². The van der Waals surface area contributed by atoms with Crippen LogP contribution < -0.4 is 4.74 Å². The van der Waals surface area contributed by atoms with Crippen molar-refractivity contribution in [2.75, 3.05) is 6.61 Å². The molecule has 0 radical (unpaired) electrons. The average molecular weight is 318 g/mol. The second kappa shape index (κ2) is 9.59. The van der Waals surface area contributed by atoms with E-state index in [4.69, 9.17) is 9.47 Å². The van der Waals surface area contributed by atoms with Crippen LogP contribution in [0.15, 0.2) is 24.3 Å². The van der Waals surface area contributed by atoms with E-state index in [1.807, 2.05) is 19.1 Å². The number of benzene rings is 1. The smallest absolute Gasteiger partial charge is 0.306 e. The fourth-order valence-corrected chi connectivity index (χ4v) is 3.34. The predicted octanol–water partition coefficient (Wildman–Crippen LogP) is 5.24. The highest BCUT2D eigenvalue weighted by Gasteiger charge is 2.29. The van der Waals surface area contributed by atoms with E-state index in [-0.39, 0.29) is 12.1 Å². The van der Waals surface area contributed by atoms with Crippen molar-refractivity contribution in [2.45, 2.75) is 77.2 Å². The van der Waals surface area contributed by atoms with Gasteiger partial charge >= 0.3 is 5.97 Å². The molecule has 1 aliphatic carbocycles. The van der Waals surface area contributed by atoms with Gasteiger partial charge in [0, 0.05) is 12.3 Å². The number of carbonyl (C=O) groups is 1. The van der Waals surface area contributed by atoms with Gasteiger partial charge in [0.15, 0.2) is 0 Å². The summed E-state index contributed by atoms with van der Waals surface area (Å²) in [4.78, 5) is 12.1. The molecule has 2 atom stereocenters. The van der Waals surface area contributed by atoms with E-state index in [0.717, 1.165) is 44.3 Å². The number of hydrogen-bond donors (Lipinski definition) is 0. The minimum Gasteiger partial charge on any atom is -0.494 e. The van der Waals surface area contributed by atoms with Crippen molar-refractivity contribution in [1.29, 1.82) is 0 Å². The lowest BCUT2D eigenvalue weighted by Crippen LogP contribution is -2.28. The van der Waals surface area contributed by atoms with Crippen LogP contribution >= 0.6 is 0 Å². The van der Waals surface area contributed by atoms with Crippen LogP contribution in [-0.4, -0.2) is 18.7 Å². The molecule has 128 valence electrons. The summed E-state index contributed by atoms with van der Waals surface area (Å²) in [6.07, 6.45) is 8.21. The van der Waals surface area contributed by atoms with E-state index < -0.39 is 0 Å². The highest BCUT2D eigenvalue weighted by Crippen LogP contribution is 2.36. The van der Waals surface area contributed by atoms with Crippen molar-refractivity contribution >= 4 is 5.97 Å². The molecule has 1 fully saturated rings. The Hall–Kier alpha value is -1.51. The maximum Gasteiger partial charge on any atom is 0.306 e. The number of ether oxygens (including phenoxy) is 2. The second-order valence-corrected chi connectivity index (χ2v) is 6.38. The van der Waals surface area contributed by atoms with Crippen LogP contribution in [0.3, 0.4) is 0 Å². The number of unbranched alkanes of at least 4 members (excludes halogenated alkanes) is 2. The van der Waals surface area contributed by atoms with Crippen LogP contribution in [0, 0.1) is 0 Å². The highest BCUT2D eigenvalue weighted by molar-refractivity contribution is 5.69. The Morgan fingerprint density at radius 3 is 2.52 bits per heavy atom. The minimum atomic E-state index is -0.0266. The summed E-state index contributed by atoms with van der Waals surface area (Å²) in [7, 11) is 0. The Bertz CT molecular complexity index is 466.